The van der Waals surface area contributed by atoms with E-state index >= 15 is 0 Å². The Morgan fingerprint density at radius 1 is 1.24 bits per heavy atom. The van der Waals surface area contributed by atoms with Crippen LogP contribution in [0.4, 0.5) is 0 Å². The number of aromatic amines is 1. The number of benzene rings is 2. The van der Waals surface area contributed by atoms with Crippen LogP contribution in [-0.2, 0) is 6.54 Å². The first-order valence-corrected chi connectivity index (χ1v) is 7.48. The zero-order chi connectivity index (χ0) is 14.8. The van der Waals surface area contributed by atoms with Gasteiger partial charge in [0.25, 0.3) is 0 Å². The van der Waals surface area contributed by atoms with Crippen LogP contribution in [-0.4, -0.2) is 16.3 Å². The minimum absolute atomic E-state index is 0.149. The van der Waals surface area contributed by atoms with Gasteiger partial charge in [-0.05, 0) is 30.7 Å². The van der Waals surface area contributed by atoms with Crippen molar-refractivity contribution in [3.05, 3.63) is 63.6 Å². The van der Waals surface area contributed by atoms with Gasteiger partial charge in [0.1, 0.15) is 0 Å². The first-order chi connectivity index (χ1) is 10.1. The molecule has 0 aliphatic carbocycles. The number of fused-ring (bicyclic) bond motifs is 1. The van der Waals surface area contributed by atoms with Crippen molar-refractivity contribution in [1.29, 1.82) is 0 Å². The predicted molar refractivity (Wildman–Crippen MR) is 90.1 cm³/mol. The minimum Gasteiger partial charge on any atom is -0.494 e. The molecule has 106 valence electrons. The van der Waals surface area contributed by atoms with E-state index in [1.165, 1.54) is 5.56 Å². The third-order valence-corrected chi connectivity index (χ3v) is 3.85. The van der Waals surface area contributed by atoms with E-state index in [4.69, 9.17) is 0 Å². The number of aromatic hydroxyl groups is 1. The normalized spacial score (nSPS) is 11.5. The smallest absolute Gasteiger partial charge is 0.198 e. The van der Waals surface area contributed by atoms with Crippen molar-refractivity contribution in [1.82, 2.24) is 4.98 Å². The van der Waals surface area contributed by atoms with Crippen molar-refractivity contribution in [3.63, 3.8) is 0 Å². The summed E-state index contributed by atoms with van der Waals surface area (Å²) in [5, 5.41) is 11.0. The fourth-order valence-electron chi connectivity index (χ4n) is 2.35. The van der Waals surface area contributed by atoms with Crippen LogP contribution in [0.5, 0.6) is 5.88 Å². The number of hydrogen-bond acceptors (Lipinski definition) is 2. The molecule has 3 nitrogen and oxygen atoms in total. The highest BCUT2D eigenvalue weighted by atomic mass is 79.9. The van der Waals surface area contributed by atoms with Gasteiger partial charge in [0.05, 0.1) is 12.1 Å². The van der Waals surface area contributed by atoms with Gasteiger partial charge in [-0.3, -0.25) is 4.99 Å². The number of aliphatic imine (C=N–C) groups is 1. The number of rotatable bonds is 3. The second-order valence-corrected chi connectivity index (χ2v) is 5.95. The van der Waals surface area contributed by atoms with Crippen LogP contribution in [0.3, 0.4) is 0 Å². The molecule has 0 radical (unpaired) electrons. The molecule has 3 aromatic rings. The summed E-state index contributed by atoms with van der Waals surface area (Å²) in [5.74, 6) is 0.149. The van der Waals surface area contributed by atoms with Crippen LogP contribution in [0.25, 0.3) is 10.9 Å². The molecule has 0 fully saturated rings. The molecule has 2 N–H and O–H groups in total. The number of aryl methyl sites for hydroxylation is 1. The summed E-state index contributed by atoms with van der Waals surface area (Å²) in [7, 11) is 0. The van der Waals surface area contributed by atoms with Gasteiger partial charge in [0.15, 0.2) is 5.88 Å². The van der Waals surface area contributed by atoms with Crippen molar-refractivity contribution >= 4 is 33.0 Å². The fraction of sp³-hybridized carbons (Fsp3) is 0.118. The van der Waals surface area contributed by atoms with Gasteiger partial charge in [-0.25, -0.2) is 0 Å². The van der Waals surface area contributed by atoms with E-state index in [2.05, 4.69) is 51.0 Å². The maximum atomic E-state index is 10.0. The molecule has 0 saturated carbocycles. The van der Waals surface area contributed by atoms with E-state index < -0.39 is 0 Å². The standard InChI is InChI=1S/C17H15BrN2O/c1-11-3-2-4-12(7-11)9-19-10-15-14-8-13(18)5-6-16(14)20-17(15)21/h2-8,10,20-21H,9H2,1H3. The molecule has 0 spiro atoms. The molecule has 0 unspecified atom stereocenters. The lowest BCUT2D eigenvalue weighted by Gasteiger charge is -1.98. The van der Waals surface area contributed by atoms with E-state index in [1.54, 1.807) is 6.21 Å². The molecule has 0 aliphatic rings. The molecule has 0 bridgehead atoms. The van der Waals surface area contributed by atoms with Crippen LogP contribution >= 0.6 is 15.9 Å². The molecule has 0 saturated heterocycles. The van der Waals surface area contributed by atoms with E-state index in [-0.39, 0.29) is 5.88 Å². The highest BCUT2D eigenvalue weighted by molar-refractivity contribution is 9.10. The average Bonchev–Trinajstić information content (AvgIpc) is 2.75. The van der Waals surface area contributed by atoms with Gasteiger partial charge in [-0.15, -0.1) is 0 Å². The van der Waals surface area contributed by atoms with E-state index in [9.17, 15) is 5.11 Å². The van der Waals surface area contributed by atoms with Crippen molar-refractivity contribution in [3.8, 4) is 5.88 Å². The predicted octanol–water partition coefficient (Wildman–Crippen LogP) is 4.56. The van der Waals surface area contributed by atoms with Gasteiger partial charge in [0, 0.05) is 21.6 Å². The summed E-state index contributed by atoms with van der Waals surface area (Å²) in [4.78, 5) is 7.40. The van der Waals surface area contributed by atoms with Gasteiger partial charge in [-0.2, -0.15) is 0 Å². The number of H-pyrrole nitrogens is 1. The SMILES string of the molecule is Cc1cccc(CN=Cc2c(O)[nH]c3ccc(Br)cc23)c1. The maximum absolute atomic E-state index is 10.0. The lowest BCUT2D eigenvalue weighted by molar-refractivity contribution is 0.457. The van der Waals surface area contributed by atoms with E-state index in [0.717, 1.165) is 26.5 Å². The zero-order valence-electron chi connectivity index (χ0n) is 11.6. The molecule has 0 aliphatic heterocycles. The summed E-state index contributed by atoms with van der Waals surface area (Å²) in [5.41, 5.74) is 4.00. The molecule has 3 rings (SSSR count). The highest BCUT2D eigenvalue weighted by Crippen LogP contribution is 2.28. The minimum atomic E-state index is 0.149. The molecule has 4 heteroatoms. The molecular formula is C17H15BrN2O. The van der Waals surface area contributed by atoms with Crippen LogP contribution in [0.2, 0.25) is 0 Å². The lowest BCUT2D eigenvalue weighted by atomic mass is 10.1. The summed E-state index contributed by atoms with van der Waals surface area (Å²) in [6.07, 6.45) is 1.73. The van der Waals surface area contributed by atoms with Crippen LogP contribution in [0.15, 0.2) is 51.9 Å². The molecule has 0 atom stereocenters. The molecule has 2 aromatic carbocycles. The fourth-order valence-corrected chi connectivity index (χ4v) is 2.72. The maximum Gasteiger partial charge on any atom is 0.198 e. The van der Waals surface area contributed by atoms with Crippen molar-refractivity contribution in [2.24, 2.45) is 4.99 Å². The Hall–Kier alpha value is -2.07. The van der Waals surface area contributed by atoms with Crippen LogP contribution < -0.4 is 0 Å². The summed E-state index contributed by atoms with van der Waals surface area (Å²) >= 11 is 3.45. The second-order valence-electron chi connectivity index (χ2n) is 5.04. The number of halogens is 1. The second kappa shape index (κ2) is 5.74. The molecule has 1 aromatic heterocycles. The average molecular weight is 343 g/mol. The number of nitrogens with zero attached hydrogens (tertiary/aromatic N) is 1. The summed E-state index contributed by atoms with van der Waals surface area (Å²) in [6, 6.07) is 14.1. The highest BCUT2D eigenvalue weighted by Gasteiger charge is 2.08. The summed E-state index contributed by atoms with van der Waals surface area (Å²) in [6.45, 7) is 2.66. The van der Waals surface area contributed by atoms with Crippen molar-refractivity contribution in [2.75, 3.05) is 0 Å². The van der Waals surface area contributed by atoms with E-state index in [0.29, 0.717) is 6.54 Å². The third kappa shape index (κ3) is 3.00. The Kier molecular flexibility index (Phi) is 3.80. The van der Waals surface area contributed by atoms with Gasteiger partial charge in [-0.1, -0.05) is 45.8 Å². The Balaban J connectivity index is 1.89. The van der Waals surface area contributed by atoms with Gasteiger partial charge >= 0.3 is 0 Å². The monoisotopic (exact) mass is 342 g/mol. The topological polar surface area (TPSA) is 48.4 Å². The first-order valence-electron chi connectivity index (χ1n) is 6.69. The van der Waals surface area contributed by atoms with Crippen LogP contribution in [0.1, 0.15) is 16.7 Å². The Labute approximate surface area is 131 Å². The number of aromatic nitrogens is 1. The third-order valence-electron chi connectivity index (χ3n) is 3.36. The number of nitrogens with one attached hydrogen (secondary N) is 1. The molecule has 21 heavy (non-hydrogen) atoms. The lowest BCUT2D eigenvalue weighted by Crippen LogP contribution is -1.85. The molecule has 1 heterocycles. The van der Waals surface area contributed by atoms with Gasteiger partial charge in [0.2, 0.25) is 0 Å². The summed E-state index contributed by atoms with van der Waals surface area (Å²) < 4.78 is 0.974. The van der Waals surface area contributed by atoms with Crippen molar-refractivity contribution < 1.29 is 5.11 Å². The van der Waals surface area contributed by atoms with E-state index in [1.807, 2.05) is 24.3 Å². The Morgan fingerprint density at radius 2 is 2.10 bits per heavy atom. The molecular weight excluding hydrogens is 328 g/mol. The van der Waals surface area contributed by atoms with Crippen molar-refractivity contribution in [2.45, 2.75) is 13.5 Å². The largest absolute Gasteiger partial charge is 0.494 e. The Bertz CT molecular complexity index is 821. The zero-order valence-corrected chi connectivity index (χ0v) is 13.2. The Morgan fingerprint density at radius 3 is 2.90 bits per heavy atom. The first kappa shape index (κ1) is 13.9. The molecule has 0 amide bonds. The quantitative estimate of drug-likeness (QED) is 0.673. The van der Waals surface area contributed by atoms with Gasteiger partial charge < -0.3 is 10.1 Å². The van der Waals surface area contributed by atoms with Crippen LogP contribution in [0, 0.1) is 6.92 Å². The number of hydrogen-bond donors (Lipinski definition) is 2.